The first-order valence-corrected chi connectivity index (χ1v) is 26.6. The maximum absolute atomic E-state index is 6.68. The number of rotatable bonds is 11. The molecule has 0 bridgehead atoms. The molecule has 2 aromatic heterocycles. The molecule has 0 radical (unpaired) electrons. The van der Waals surface area contributed by atoms with E-state index in [1.807, 2.05) is 12.1 Å². The van der Waals surface area contributed by atoms with E-state index in [0.29, 0.717) is 0 Å². The fourth-order valence-electron chi connectivity index (χ4n) is 11.6. The molecule has 2 heterocycles. The van der Waals surface area contributed by atoms with Crippen molar-refractivity contribution in [3.63, 3.8) is 0 Å². The van der Waals surface area contributed by atoms with Gasteiger partial charge in [0.05, 0.1) is 11.4 Å². The van der Waals surface area contributed by atoms with E-state index in [0.717, 1.165) is 134 Å². The van der Waals surface area contributed by atoms with Crippen molar-refractivity contribution in [2.75, 3.05) is 9.80 Å². The fourth-order valence-corrected chi connectivity index (χ4v) is 11.6. The molecule has 4 heteroatoms. The van der Waals surface area contributed by atoms with E-state index in [1.165, 1.54) is 11.1 Å². The Bertz CT molecular complexity index is 4260. The van der Waals surface area contributed by atoms with Crippen LogP contribution in [0.2, 0.25) is 0 Å². The van der Waals surface area contributed by atoms with Crippen molar-refractivity contribution in [1.29, 1.82) is 0 Å². The first-order chi connectivity index (χ1) is 38.5. The second-order valence-electron chi connectivity index (χ2n) is 20.1. The van der Waals surface area contributed by atoms with Gasteiger partial charge in [-0.3, -0.25) is 0 Å². The van der Waals surface area contributed by atoms with Crippen molar-refractivity contribution in [2.45, 2.75) is 13.8 Å². The molecule has 0 aliphatic rings. The highest BCUT2D eigenvalue weighted by Crippen LogP contribution is 2.49. The second kappa shape index (κ2) is 19.5. The van der Waals surface area contributed by atoms with Crippen LogP contribution in [0, 0.1) is 13.8 Å². The van der Waals surface area contributed by atoms with Crippen molar-refractivity contribution in [3.8, 4) is 55.6 Å². The minimum absolute atomic E-state index is 0.879. The van der Waals surface area contributed by atoms with Gasteiger partial charge in [-0.2, -0.15) is 0 Å². The Morgan fingerprint density at radius 1 is 0.244 bits per heavy atom. The van der Waals surface area contributed by atoms with Crippen molar-refractivity contribution < 1.29 is 8.83 Å². The van der Waals surface area contributed by atoms with E-state index in [9.17, 15) is 0 Å². The number of benzene rings is 12. The van der Waals surface area contributed by atoms with Gasteiger partial charge in [-0.25, -0.2) is 0 Å². The molecule has 12 aromatic carbocycles. The SMILES string of the molecule is Cc1cc(-c2ccc(N(c3cccc(-c4ccccc4)c3)c3ccccc3-c3cccc4c3oc3ccccc34)c(C)c2)ccc1N(c1cccc(-c2ccccc2)c1)c1ccccc1-c1cccc2c1oc1ccccc12. The molecule has 0 aliphatic carbocycles. The molecular weight excluding hydrogens is 949 g/mol. The predicted octanol–water partition coefficient (Wildman–Crippen LogP) is 21.4. The summed E-state index contributed by atoms with van der Waals surface area (Å²) in [6, 6.07) is 99.9. The first kappa shape index (κ1) is 46.4. The molecule has 14 aromatic rings. The number of aryl methyl sites for hydroxylation is 2. The lowest BCUT2D eigenvalue weighted by atomic mass is 9.96. The molecule has 0 saturated heterocycles. The van der Waals surface area contributed by atoms with Crippen molar-refractivity contribution in [1.82, 2.24) is 0 Å². The first-order valence-electron chi connectivity index (χ1n) is 26.6. The molecular formula is C74H52N2O2. The average Bonchev–Trinajstić information content (AvgIpc) is 4.22. The molecule has 0 N–H and O–H groups in total. The molecule has 78 heavy (non-hydrogen) atoms. The molecule has 0 fully saturated rings. The van der Waals surface area contributed by atoms with Gasteiger partial charge in [0.25, 0.3) is 0 Å². The van der Waals surface area contributed by atoms with Gasteiger partial charge < -0.3 is 18.6 Å². The number of hydrogen-bond acceptors (Lipinski definition) is 4. The molecule has 0 aliphatic heterocycles. The maximum Gasteiger partial charge on any atom is 0.143 e. The molecule has 0 atom stereocenters. The van der Waals surface area contributed by atoms with Crippen LogP contribution in [0.4, 0.5) is 34.1 Å². The monoisotopic (exact) mass is 1000 g/mol. The van der Waals surface area contributed by atoms with Crippen molar-refractivity contribution >= 4 is 78.0 Å². The summed E-state index contributed by atoms with van der Waals surface area (Å²) in [6.07, 6.45) is 0. The zero-order valence-electron chi connectivity index (χ0n) is 43.3. The average molecular weight is 1000 g/mol. The number of para-hydroxylation sites is 6. The minimum Gasteiger partial charge on any atom is -0.455 e. The van der Waals surface area contributed by atoms with Gasteiger partial charge in [0, 0.05) is 66.5 Å². The van der Waals surface area contributed by atoms with Crippen LogP contribution in [0.5, 0.6) is 0 Å². The summed E-state index contributed by atoms with van der Waals surface area (Å²) in [7, 11) is 0. The summed E-state index contributed by atoms with van der Waals surface area (Å²) in [5.41, 5.74) is 23.4. The topological polar surface area (TPSA) is 32.8 Å². The molecule has 0 spiro atoms. The maximum atomic E-state index is 6.68. The van der Waals surface area contributed by atoms with E-state index >= 15 is 0 Å². The minimum atomic E-state index is 0.879. The Kier molecular flexibility index (Phi) is 11.6. The Morgan fingerprint density at radius 3 is 1.04 bits per heavy atom. The number of fused-ring (bicyclic) bond motifs is 6. The molecule has 14 rings (SSSR count). The summed E-state index contributed by atoms with van der Waals surface area (Å²) in [6.45, 7) is 4.47. The fraction of sp³-hybridized carbons (Fsp3) is 0.0270. The summed E-state index contributed by atoms with van der Waals surface area (Å²) < 4.78 is 13.4. The van der Waals surface area contributed by atoms with Crippen LogP contribution in [0.3, 0.4) is 0 Å². The third-order valence-electron chi connectivity index (χ3n) is 15.3. The number of nitrogens with zero attached hydrogens (tertiary/aromatic N) is 2. The molecule has 0 saturated carbocycles. The van der Waals surface area contributed by atoms with E-state index < -0.39 is 0 Å². The smallest absolute Gasteiger partial charge is 0.143 e. The lowest BCUT2D eigenvalue weighted by molar-refractivity contribution is 0.669. The zero-order valence-corrected chi connectivity index (χ0v) is 43.3. The quantitative estimate of drug-likeness (QED) is 0.129. The second-order valence-corrected chi connectivity index (χ2v) is 20.1. The van der Waals surface area contributed by atoms with Gasteiger partial charge in [0.2, 0.25) is 0 Å². The Balaban J connectivity index is 0.894. The predicted molar refractivity (Wildman–Crippen MR) is 327 cm³/mol. The highest BCUT2D eigenvalue weighted by Gasteiger charge is 2.25. The summed E-state index contributed by atoms with van der Waals surface area (Å²) in [4.78, 5) is 4.84. The molecule has 0 amide bonds. The van der Waals surface area contributed by atoms with E-state index in [1.54, 1.807) is 0 Å². The Labute approximate surface area is 454 Å². The zero-order chi connectivity index (χ0) is 52.1. The number of hydrogen-bond donors (Lipinski definition) is 0. The summed E-state index contributed by atoms with van der Waals surface area (Å²) in [5.74, 6) is 0. The van der Waals surface area contributed by atoms with Gasteiger partial charge in [0.15, 0.2) is 0 Å². The van der Waals surface area contributed by atoms with Crippen molar-refractivity contribution in [2.24, 2.45) is 0 Å². The van der Waals surface area contributed by atoms with E-state index in [-0.39, 0.29) is 0 Å². The lowest BCUT2D eigenvalue weighted by Gasteiger charge is -2.30. The highest BCUT2D eigenvalue weighted by atomic mass is 16.3. The number of furan rings is 2. The van der Waals surface area contributed by atoms with Gasteiger partial charge in [-0.15, -0.1) is 0 Å². The third-order valence-corrected chi connectivity index (χ3v) is 15.3. The normalized spacial score (nSPS) is 11.5. The summed E-state index contributed by atoms with van der Waals surface area (Å²) >= 11 is 0. The van der Waals surface area contributed by atoms with Gasteiger partial charge in [-0.05, 0) is 131 Å². The third kappa shape index (κ3) is 8.19. The van der Waals surface area contributed by atoms with Gasteiger partial charge in [-0.1, -0.05) is 206 Å². The standard InChI is InChI=1S/C74H52N2O2/c1-49-45-55(41-43-67(49)75(57-27-17-25-53(47-57)51-21-5-3-6-22-51)69-37-13-9-29-59(69)63-33-19-35-65-61-31-11-15-39-71(61)77-73(63)65)56-42-44-68(50(2)46-56)76(58-28-18-26-54(48-58)52-23-7-4-8-24-52)70-38-14-10-30-60(70)64-34-20-36-66-62-32-12-16-40-72(62)78-74(64)66/h3-48H,1-2H3. The van der Waals surface area contributed by atoms with Crippen LogP contribution in [0.1, 0.15) is 11.1 Å². The van der Waals surface area contributed by atoms with Crippen molar-refractivity contribution in [3.05, 3.63) is 290 Å². The van der Waals surface area contributed by atoms with E-state index in [2.05, 4.69) is 291 Å². The van der Waals surface area contributed by atoms with Crippen LogP contribution in [0.15, 0.2) is 288 Å². The molecule has 370 valence electrons. The van der Waals surface area contributed by atoms with E-state index in [4.69, 9.17) is 8.83 Å². The lowest BCUT2D eigenvalue weighted by Crippen LogP contribution is -2.13. The summed E-state index contributed by atoms with van der Waals surface area (Å²) in [5, 5.41) is 4.43. The van der Waals surface area contributed by atoms with Crippen LogP contribution in [-0.2, 0) is 0 Å². The van der Waals surface area contributed by atoms with Crippen LogP contribution >= 0.6 is 0 Å². The Hall–Kier alpha value is -10.2. The van der Waals surface area contributed by atoms with Gasteiger partial charge >= 0.3 is 0 Å². The highest BCUT2D eigenvalue weighted by molar-refractivity contribution is 6.12. The largest absolute Gasteiger partial charge is 0.455 e. The number of anilines is 6. The van der Waals surface area contributed by atoms with Crippen LogP contribution in [-0.4, -0.2) is 0 Å². The molecule has 0 unspecified atom stereocenters. The van der Waals surface area contributed by atoms with Gasteiger partial charge in [0.1, 0.15) is 22.3 Å². The Morgan fingerprint density at radius 2 is 0.590 bits per heavy atom. The molecule has 4 nitrogen and oxygen atoms in total. The van der Waals surface area contributed by atoms with Crippen LogP contribution in [0.25, 0.3) is 99.5 Å². The van der Waals surface area contributed by atoms with Crippen LogP contribution < -0.4 is 9.80 Å².